The Morgan fingerprint density at radius 2 is 2.00 bits per heavy atom. The van der Waals surface area contributed by atoms with Crippen LogP contribution in [0.25, 0.3) is 10.9 Å². The zero-order valence-electron chi connectivity index (χ0n) is 7.65. The number of rotatable bonds is 2. The highest BCUT2D eigenvalue weighted by Crippen LogP contribution is 2.12. The van der Waals surface area contributed by atoms with E-state index in [4.69, 9.17) is 11.6 Å². The topological polar surface area (TPSA) is 12.9 Å². The van der Waals surface area contributed by atoms with Gasteiger partial charge >= 0.3 is 0 Å². The lowest BCUT2D eigenvalue weighted by Gasteiger charge is -1.99. The standard InChI is InChI=1S/C12H10ClN/c13-9-3-5-11-8-7-10-4-1-2-6-12(10)14-11/h1-4,6-9H,5H2/b9-3+. The number of fused-ring (bicyclic) bond motifs is 1. The van der Waals surface area contributed by atoms with Crippen LogP contribution in [-0.2, 0) is 6.42 Å². The van der Waals surface area contributed by atoms with E-state index in [0.717, 1.165) is 17.6 Å². The number of halogens is 1. The van der Waals surface area contributed by atoms with Gasteiger partial charge in [-0.15, -0.1) is 0 Å². The molecule has 2 heteroatoms. The molecule has 0 aliphatic carbocycles. The average molecular weight is 204 g/mol. The van der Waals surface area contributed by atoms with E-state index in [9.17, 15) is 0 Å². The summed E-state index contributed by atoms with van der Waals surface area (Å²) < 4.78 is 0. The Labute approximate surface area is 88.0 Å². The molecule has 0 aliphatic heterocycles. The van der Waals surface area contributed by atoms with Gasteiger partial charge in [0.2, 0.25) is 0 Å². The second-order valence-electron chi connectivity index (χ2n) is 3.06. The van der Waals surface area contributed by atoms with Gasteiger partial charge in [-0.2, -0.15) is 0 Å². The summed E-state index contributed by atoms with van der Waals surface area (Å²) >= 11 is 5.46. The third kappa shape index (κ3) is 1.94. The van der Waals surface area contributed by atoms with Gasteiger partial charge in [0.15, 0.2) is 0 Å². The van der Waals surface area contributed by atoms with E-state index in [2.05, 4.69) is 17.1 Å². The number of aromatic nitrogens is 1. The Morgan fingerprint density at radius 1 is 1.14 bits per heavy atom. The molecule has 14 heavy (non-hydrogen) atoms. The van der Waals surface area contributed by atoms with Crippen LogP contribution in [0.15, 0.2) is 48.0 Å². The van der Waals surface area contributed by atoms with Crippen molar-refractivity contribution < 1.29 is 0 Å². The highest BCUT2D eigenvalue weighted by atomic mass is 35.5. The molecule has 1 heterocycles. The zero-order valence-corrected chi connectivity index (χ0v) is 8.41. The normalized spacial score (nSPS) is 11.2. The molecule has 1 nitrogen and oxygen atoms in total. The number of para-hydroxylation sites is 1. The Balaban J connectivity index is 2.41. The maximum atomic E-state index is 5.46. The summed E-state index contributed by atoms with van der Waals surface area (Å²) in [4.78, 5) is 4.50. The lowest BCUT2D eigenvalue weighted by atomic mass is 10.2. The quantitative estimate of drug-likeness (QED) is 0.728. The maximum absolute atomic E-state index is 5.46. The molecule has 0 saturated carbocycles. The third-order valence-electron chi connectivity index (χ3n) is 2.07. The average Bonchev–Trinajstić information content (AvgIpc) is 2.26. The van der Waals surface area contributed by atoms with Crippen molar-refractivity contribution in [2.24, 2.45) is 0 Å². The summed E-state index contributed by atoms with van der Waals surface area (Å²) in [6, 6.07) is 12.2. The molecular weight excluding hydrogens is 194 g/mol. The number of allylic oxidation sites excluding steroid dienone is 1. The summed E-state index contributed by atoms with van der Waals surface area (Å²) in [7, 11) is 0. The number of nitrogens with zero attached hydrogens (tertiary/aromatic N) is 1. The minimum absolute atomic E-state index is 0.786. The van der Waals surface area contributed by atoms with Crippen LogP contribution in [0.2, 0.25) is 0 Å². The van der Waals surface area contributed by atoms with Crippen molar-refractivity contribution in [1.29, 1.82) is 0 Å². The molecule has 70 valence electrons. The molecule has 1 aromatic heterocycles. The van der Waals surface area contributed by atoms with E-state index in [1.807, 2.05) is 30.3 Å². The van der Waals surface area contributed by atoms with Crippen molar-refractivity contribution >= 4 is 22.5 Å². The van der Waals surface area contributed by atoms with Gasteiger partial charge in [-0.3, -0.25) is 4.98 Å². The van der Waals surface area contributed by atoms with Crippen molar-refractivity contribution in [3.8, 4) is 0 Å². The minimum Gasteiger partial charge on any atom is -0.253 e. The lowest BCUT2D eigenvalue weighted by molar-refractivity contribution is 1.15. The Kier molecular flexibility index (Phi) is 2.80. The van der Waals surface area contributed by atoms with Crippen LogP contribution in [-0.4, -0.2) is 4.98 Å². The van der Waals surface area contributed by atoms with Crippen molar-refractivity contribution in [2.45, 2.75) is 6.42 Å². The molecular formula is C12H10ClN. The molecule has 0 spiro atoms. The van der Waals surface area contributed by atoms with E-state index in [-0.39, 0.29) is 0 Å². The number of benzene rings is 1. The van der Waals surface area contributed by atoms with E-state index in [1.54, 1.807) is 0 Å². The molecule has 0 aliphatic rings. The zero-order chi connectivity index (χ0) is 9.80. The smallest absolute Gasteiger partial charge is 0.0705 e. The Hall–Kier alpha value is -1.34. The third-order valence-corrected chi connectivity index (χ3v) is 2.25. The van der Waals surface area contributed by atoms with Crippen molar-refractivity contribution in [3.63, 3.8) is 0 Å². The molecule has 0 radical (unpaired) electrons. The van der Waals surface area contributed by atoms with E-state index in [1.165, 1.54) is 10.9 Å². The molecule has 0 amide bonds. The molecule has 0 bridgehead atoms. The first-order chi connectivity index (χ1) is 6.90. The first-order valence-corrected chi connectivity index (χ1v) is 4.94. The molecule has 1 aromatic carbocycles. The largest absolute Gasteiger partial charge is 0.253 e. The van der Waals surface area contributed by atoms with Crippen LogP contribution in [0.3, 0.4) is 0 Å². The molecule has 0 N–H and O–H groups in total. The van der Waals surface area contributed by atoms with Gasteiger partial charge in [-0.25, -0.2) is 0 Å². The van der Waals surface area contributed by atoms with Crippen LogP contribution in [0.4, 0.5) is 0 Å². The summed E-state index contributed by atoms with van der Waals surface area (Å²) in [5.41, 5.74) is 3.60. The number of hydrogen-bond donors (Lipinski definition) is 0. The van der Waals surface area contributed by atoms with Crippen molar-refractivity contribution in [1.82, 2.24) is 4.98 Å². The van der Waals surface area contributed by atoms with Crippen LogP contribution >= 0.6 is 11.6 Å². The second-order valence-corrected chi connectivity index (χ2v) is 3.31. The second kappa shape index (κ2) is 4.25. The van der Waals surface area contributed by atoms with Crippen LogP contribution in [0.1, 0.15) is 5.69 Å². The van der Waals surface area contributed by atoms with Gasteiger partial charge < -0.3 is 0 Å². The van der Waals surface area contributed by atoms with Gasteiger partial charge in [0.05, 0.1) is 5.52 Å². The van der Waals surface area contributed by atoms with E-state index >= 15 is 0 Å². The molecule has 2 aromatic rings. The van der Waals surface area contributed by atoms with Crippen LogP contribution in [0.5, 0.6) is 0 Å². The molecule has 0 unspecified atom stereocenters. The highest BCUT2D eigenvalue weighted by Gasteiger charge is 1.95. The number of pyridine rings is 1. The summed E-state index contributed by atoms with van der Waals surface area (Å²) in [5.74, 6) is 0. The lowest BCUT2D eigenvalue weighted by Crippen LogP contribution is -1.87. The maximum Gasteiger partial charge on any atom is 0.0705 e. The van der Waals surface area contributed by atoms with Crippen molar-refractivity contribution in [3.05, 3.63) is 53.7 Å². The fourth-order valence-corrected chi connectivity index (χ4v) is 1.48. The number of hydrogen-bond acceptors (Lipinski definition) is 1. The SMILES string of the molecule is Cl/C=C/Cc1ccc2ccccc2n1. The van der Waals surface area contributed by atoms with Crippen LogP contribution < -0.4 is 0 Å². The first-order valence-electron chi connectivity index (χ1n) is 4.50. The molecule has 0 atom stereocenters. The Bertz CT molecular complexity index is 463. The summed E-state index contributed by atoms with van der Waals surface area (Å²) in [6.45, 7) is 0. The van der Waals surface area contributed by atoms with Gasteiger partial charge in [-0.1, -0.05) is 41.9 Å². The molecule has 2 rings (SSSR count). The van der Waals surface area contributed by atoms with Gasteiger partial charge in [0, 0.05) is 23.0 Å². The fourth-order valence-electron chi connectivity index (χ4n) is 1.39. The highest BCUT2D eigenvalue weighted by molar-refractivity contribution is 6.25. The van der Waals surface area contributed by atoms with Gasteiger partial charge in [0.1, 0.15) is 0 Å². The summed E-state index contributed by atoms with van der Waals surface area (Å²) in [6.07, 6.45) is 2.67. The molecule has 0 fully saturated rings. The monoisotopic (exact) mass is 203 g/mol. The minimum atomic E-state index is 0.786. The van der Waals surface area contributed by atoms with Gasteiger partial charge in [0.25, 0.3) is 0 Å². The predicted molar refractivity (Wildman–Crippen MR) is 60.4 cm³/mol. The van der Waals surface area contributed by atoms with E-state index in [0.29, 0.717) is 0 Å². The Morgan fingerprint density at radius 3 is 2.86 bits per heavy atom. The van der Waals surface area contributed by atoms with E-state index < -0.39 is 0 Å². The predicted octanol–water partition coefficient (Wildman–Crippen LogP) is 3.53. The molecule has 0 saturated heterocycles. The van der Waals surface area contributed by atoms with Crippen LogP contribution in [0, 0.1) is 0 Å². The summed E-state index contributed by atoms with van der Waals surface area (Å²) in [5, 5.41) is 1.17. The van der Waals surface area contributed by atoms with Crippen molar-refractivity contribution in [2.75, 3.05) is 0 Å². The fraction of sp³-hybridized carbons (Fsp3) is 0.0833. The first kappa shape index (κ1) is 9.22. The van der Waals surface area contributed by atoms with Gasteiger partial charge in [-0.05, 0) is 12.1 Å².